The van der Waals surface area contributed by atoms with Crippen molar-refractivity contribution in [1.29, 1.82) is 0 Å². The van der Waals surface area contributed by atoms with E-state index in [0.717, 1.165) is 12.8 Å². The Hall–Kier alpha value is -0.460. The van der Waals surface area contributed by atoms with Gasteiger partial charge >= 0.3 is 7.60 Å². The van der Waals surface area contributed by atoms with Crippen LogP contribution in [-0.4, -0.2) is 49.5 Å². The molecule has 204 valence electrons. The highest BCUT2D eigenvalue weighted by molar-refractivity contribution is 7.53. The van der Waals surface area contributed by atoms with Gasteiger partial charge in [-0.2, -0.15) is 0 Å². The van der Waals surface area contributed by atoms with E-state index < -0.39 is 19.4 Å². The molecule has 0 saturated carbocycles. The summed E-state index contributed by atoms with van der Waals surface area (Å²) in [6.07, 6.45) is 21.9. The molecule has 0 rings (SSSR count). The number of nitrogens with two attached hydrogens (primary N) is 1. The Bertz CT molecular complexity index is 494. The Labute approximate surface area is 209 Å². The first-order valence-corrected chi connectivity index (χ1v) is 15.5. The van der Waals surface area contributed by atoms with Gasteiger partial charge in [-0.25, -0.2) is 0 Å². The lowest BCUT2D eigenvalue weighted by Gasteiger charge is -2.21. The van der Waals surface area contributed by atoms with E-state index in [1.807, 2.05) is 0 Å². The molecule has 3 atom stereocenters. The van der Waals surface area contributed by atoms with Crippen LogP contribution in [0.2, 0.25) is 0 Å². The van der Waals surface area contributed by atoms with Crippen molar-refractivity contribution in [2.45, 2.75) is 135 Å². The van der Waals surface area contributed by atoms with Crippen LogP contribution >= 0.6 is 7.60 Å². The van der Waals surface area contributed by atoms with Crippen LogP contribution in [0.1, 0.15) is 123 Å². The monoisotopic (exact) mass is 507 g/mol. The molecule has 34 heavy (non-hydrogen) atoms. The van der Waals surface area contributed by atoms with Gasteiger partial charge in [-0.1, -0.05) is 110 Å². The Morgan fingerprint density at radius 3 is 1.65 bits per heavy atom. The lowest BCUT2D eigenvalue weighted by molar-refractivity contribution is -0.138. The van der Waals surface area contributed by atoms with E-state index in [9.17, 15) is 14.3 Å². The van der Waals surface area contributed by atoms with Crippen LogP contribution in [-0.2, 0) is 23.4 Å². The lowest BCUT2D eigenvalue weighted by Crippen LogP contribution is -2.27. The van der Waals surface area contributed by atoms with E-state index in [1.54, 1.807) is 6.92 Å². The van der Waals surface area contributed by atoms with Crippen LogP contribution in [0.3, 0.4) is 0 Å². The van der Waals surface area contributed by atoms with Crippen molar-refractivity contribution in [3.63, 3.8) is 0 Å². The summed E-state index contributed by atoms with van der Waals surface area (Å²) in [5.41, 5.74) is 4.75. The lowest BCUT2D eigenvalue weighted by atomic mass is 10.0. The molecule has 0 aliphatic rings. The third kappa shape index (κ3) is 20.9. The summed E-state index contributed by atoms with van der Waals surface area (Å²) in [5.74, 6) is 0. The quantitative estimate of drug-likeness (QED) is 0.0719. The second-order valence-electron chi connectivity index (χ2n) is 9.53. The molecule has 8 heteroatoms. The summed E-state index contributed by atoms with van der Waals surface area (Å²) in [6.45, 7) is 4.71. The maximum atomic E-state index is 12.0. The van der Waals surface area contributed by atoms with Gasteiger partial charge in [0.15, 0.2) is 0 Å². The van der Waals surface area contributed by atoms with Crippen LogP contribution in [0.5, 0.6) is 0 Å². The molecule has 0 aromatic rings. The minimum Gasteiger partial charge on any atom is -0.460 e. The Morgan fingerprint density at radius 2 is 1.24 bits per heavy atom. The maximum Gasteiger partial charge on any atom is 0.332 e. The number of ether oxygens (including phenoxy) is 2. The van der Waals surface area contributed by atoms with E-state index in [0.29, 0.717) is 13.1 Å². The van der Waals surface area contributed by atoms with Crippen molar-refractivity contribution >= 4 is 14.1 Å². The normalized spacial score (nSPS) is 15.1. The van der Waals surface area contributed by atoms with Gasteiger partial charge in [-0.3, -0.25) is 9.36 Å². The van der Waals surface area contributed by atoms with E-state index in [1.165, 1.54) is 96.3 Å². The minimum absolute atomic E-state index is 0.0444. The first-order valence-electron chi connectivity index (χ1n) is 13.8. The van der Waals surface area contributed by atoms with Gasteiger partial charge in [0.05, 0.1) is 18.9 Å². The number of unbranched alkanes of at least 4 members (excludes halogenated alkanes) is 16. The van der Waals surface area contributed by atoms with Crippen molar-refractivity contribution in [3.8, 4) is 0 Å². The first-order chi connectivity index (χ1) is 16.5. The van der Waals surface area contributed by atoms with E-state index in [-0.39, 0.29) is 19.8 Å². The zero-order chi connectivity index (χ0) is 25.3. The fourth-order valence-corrected chi connectivity index (χ4v) is 4.70. The maximum absolute atomic E-state index is 12.0. The fourth-order valence-electron chi connectivity index (χ4n) is 3.80. The largest absolute Gasteiger partial charge is 0.460 e. The zero-order valence-electron chi connectivity index (χ0n) is 22.1. The molecule has 0 saturated heterocycles. The van der Waals surface area contributed by atoms with Gasteiger partial charge in [0.2, 0.25) is 0 Å². The van der Waals surface area contributed by atoms with E-state index >= 15 is 0 Å². The molecule has 0 fully saturated rings. The van der Waals surface area contributed by atoms with Gasteiger partial charge in [0.1, 0.15) is 6.10 Å². The van der Waals surface area contributed by atoms with Crippen LogP contribution in [0, 0.1) is 0 Å². The summed E-state index contributed by atoms with van der Waals surface area (Å²) in [5, 5.41) is 0. The second kappa shape index (κ2) is 24.2. The molecular weight excluding hydrogens is 453 g/mol. The minimum atomic E-state index is -3.82. The number of carbonyl (C=O) groups excluding carboxylic acids is 1. The SMILES string of the molecule is CCCCCCCCCCCCCCCCCCCOCC(COP(=O)(O)C(C)CN)OC=O. The van der Waals surface area contributed by atoms with Crippen molar-refractivity contribution in [1.82, 2.24) is 0 Å². The molecule has 0 aromatic carbocycles. The smallest absolute Gasteiger partial charge is 0.332 e. The Balaban J connectivity index is 3.48. The molecule has 0 spiro atoms. The molecule has 3 N–H and O–H groups in total. The highest BCUT2D eigenvalue weighted by atomic mass is 31.2. The number of rotatable bonds is 27. The van der Waals surface area contributed by atoms with Crippen LogP contribution < -0.4 is 5.73 Å². The van der Waals surface area contributed by atoms with Crippen LogP contribution in [0.15, 0.2) is 0 Å². The summed E-state index contributed by atoms with van der Waals surface area (Å²) in [4.78, 5) is 20.4. The second-order valence-corrected chi connectivity index (χ2v) is 11.8. The molecule has 0 aliphatic heterocycles. The molecule has 0 heterocycles. The number of carbonyl (C=O) groups is 1. The van der Waals surface area contributed by atoms with Gasteiger partial charge in [-0.05, 0) is 13.3 Å². The van der Waals surface area contributed by atoms with Crippen molar-refractivity contribution in [3.05, 3.63) is 0 Å². The molecular formula is C26H54NO6P. The molecule has 0 amide bonds. The van der Waals surface area contributed by atoms with E-state index in [2.05, 4.69) is 6.92 Å². The van der Waals surface area contributed by atoms with Gasteiger partial charge in [-0.15, -0.1) is 0 Å². The molecule has 7 nitrogen and oxygen atoms in total. The molecule has 3 unspecified atom stereocenters. The van der Waals surface area contributed by atoms with E-state index in [4.69, 9.17) is 19.7 Å². The van der Waals surface area contributed by atoms with Gasteiger partial charge < -0.3 is 24.6 Å². The first kappa shape index (κ1) is 33.5. The number of hydrogen-bond donors (Lipinski definition) is 2. The Kier molecular flexibility index (Phi) is 23.9. The third-order valence-electron chi connectivity index (χ3n) is 6.29. The molecule has 0 radical (unpaired) electrons. The average Bonchev–Trinajstić information content (AvgIpc) is 2.83. The summed E-state index contributed by atoms with van der Waals surface area (Å²) in [6, 6.07) is 0. The van der Waals surface area contributed by atoms with Gasteiger partial charge in [0.25, 0.3) is 6.47 Å². The average molecular weight is 508 g/mol. The highest BCUT2D eigenvalue weighted by Gasteiger charge is 2.28. The van der Waals surface area contributed by atoms with Crippen LogP contribution in [0.25, 0.3) is 0 Å². The third-order valence-corrected chi connectivity index (χ3v) is 8.13. The molecule has 0 bridgehead atoms. The zero-order valence-corrected chi connectivity index (χ0v) is 23.0. The summed E-state index contributed by atoms with van der Waals surface area (Å²) < 4.78 is 27.5. The predicted octanol–water partition coefficient (Wildman–Crippen LogP) is 6.75. The Morgan fingerprint density at radius 1 is 0.794 bits per heavy atom. The van der Waals surface area contributed by atoms with Crippen molar-refractivity contribution in [2.24, 2.45) is 5.73 Å². The molecule has 0 aromatic heterocycles. The fraction of sp³-hybridized carbons (Fsp3) is 0.962. The van der Waals surface area contributed by atoms with Crippen molar-refractivity contribution in [2.75, 3.05) is 26.4 Å². The number of hydrogen-bond acceptors (Lipinski definition) is 6. The summed E-state index contributed by atoms with van der Waals surface area (Å²) in [7, 11) is -3.82. The summed E-state index contributed by atoms with van der Waals surface area (Å²) >= 11 is 0. The topological polar surface area (TPSA) is 108 Å². The standard InChI is InChI=1S/C26H54NO6P/c1-3-4-5-6-7-8-9-10-11-12-13-14-15-16-17-18-19-20-31-22-26(32-24-28)23-33-34(29,30)25(2)21-27/h24-26H,3-23,27H2,1-2H3,(H,29,30). The van der Waals surface area contributed by atoms with Crippen molar-refractivity contribution < 1.29 is 28.3 Å². The van der Waals surface area contributed by atoms with Gasteiger partial charge in [0, 0.05) is 13.2 Å². The molecule has 0 aliphatic carbocycles. The predicted molar refractivity (Wildman–Crippen MR) is 140 cm³/mol. The van der Waals surface area contributed by atoms with Crippen LogP contribution in [0.4, 0.5) is 0 Å². The highest BCUT2D eigenvalue weighted by Crippen LogP contribution is 2.46.